The number of halogens is 1. The molecule has 3 aromatic rings. The molecule has 2 aromatic heterocycles. The topological polar surface area (TPSA) is 62.5 Å². The third-order valence-corrected chi connectivity index (χ3v) is 5.19. The predicted octanol–water partition coefficient (Wildman–Crippen LogP) is 3.83. The van der Waals surface area contributed by atoms with Crippen molar-refractivity contribution in [3.63, 3.8) is 0 Å². The Morgan fingerprint density at radius 1 is 1.29 bits per heavy atom. The van der Waals surface area contributed by atoms with Crippen molar-refractivity contribution < 1.29 is 5.11 Å². The largest absolute Gasteiger partial charge is 0.395 e. The van der Waals surface area contributed by atoms with Gasteiger partial charge in [0.2, 0.25) is 0 Å². The zero-order valence-corrected chi connectivity index (χ0v) is 14.8. The van der Waals surface area contributed by atoms with E-state index in [1.54, 1.807) is 10.7 Å². The fourth-order valence-electron chi connectivity index (χ4n) is 3.19. The minimum absolute atomic E-state index is 0.0697. The van der Waals surface area contributed by atoms with Gasteiger partial charge in [-0.2, -0.15) is 9.61 Å². The lowest BCUT2D eigenvalue weighted by Crippen LogP contribution is -2.12. The highest BCUT2D eigenvalue weighted by Gasteiger charge is 2.23. The highest BCUT2D eigenvalue weighted by molar-refractivity contribution is 9.10. The molecule has 1 fully saturated rings. The number of rotatable bonds is 5. The van der Waals surface area contributed by atoms with E-state index >= 15 is 0 Å². The maximum atomic E-state index is 9.13. The molecule has 1 aromatic carbocycles. The minimum Gasteiger partial charge on any atom is -0.395 e. The highest BCUT2D eigenvalue weighted by atomic mass is 79.9. The molecule has 24 heavy (non-hydrogen) atoms. The van der Waals surface area contributed by atoms with Crippen molar-refractivity contribution in [3.05, 3.63) is 46.6 Å². The number of aliphatic hydroxyl groups excluding tert-OH is 1. The van der Waals surface area contributed by atoms with Crippen molar-refractivity contribution in [1.29, 1.82) is 0 Å². The molecule has 5 nitrogen and oxygen atoms in total. The van der Waals surface area contributed by atoms with E-state index in [4.69, 9.17) is 10.1 Å². The zero-order valence-electron chi connectivity index (χ0n) is 13.2. The van der Waals surface area contributed by atoms with Gasteiger partial charge in [-0.3, -0.25) is 0 Å². The van der Waals surface area contributed by atoms with E-state index in [1.807, 2.05) is 6.07 Å². The van der Waals surface area contributed by atoms with Crippen molar-refractivity contribution in [2.75, 3.05) is 18.5 Å². The predicted molar refractivity (Wildman–Crippen MR) is 98.3 cm³/mol. The molecular formula is C18H19BrN4O. The smallest absolute Gasteiger partial charge is 0.172 e. The van der Waals surface area contributed by atoms with E-state index in [0.717, 1.165) is 21.6 Å². The van der Waals surface area contributed by atoms with Crippen molar-refractivity contribution in [2.24, 2.45) is 0 Å². The van der Waals surface area contributed by atoms with Gasteiger partial charge in [-0.1, -0.05) is 30.7 Å². The first kappa shape index (κ1) is 15.6. The van der Waals surface area contributed by atoms with Gasteiger partial charge in [0.15, 0.2) is 5.65 Å². The molecule has 1 saturated carbocycles. The first-order valence-corrected chi connectivity index (χ1v) is 9.05. The van der Waals surface area contributed by atoms with Crippen LogP contribution in [0.5, 0.6) is 0 Å². The van der Waals surface area contributed by atoms with Crippen molar-refractivity contribution in [3.8, 4) is 11.3 Å². The van der Waals surface area contributed by atoms with Crippen LogP contribution >= 0.6 is 15.9 Å². The van der Waals surface area contributed by atoms with E-state index in [1.165, 1.54) is 30.4 Å². The second kappa shape index (κ2) is 6.53. The van der Waals surface area contributed by atoms with Crippen LogP contribution in [0, 0.1) is 0 Å². The molecule has 0 bridgehead atoms. The van der Waals surface area contributed by atoms with E-state index in [9.17, 15) is 0 Å². The molecule has 1 aliphatic rings. The van der Waals surface area contributed by atoms with Gasteiger partial charge in [-0.25, -0.2) is 4.98 Å². The number of nitrogens with zero attached hydrogens (tertiary/aromatic N) is 3. The summed E-state index contributed by atoms with van der Waals surface area (Å²) in [5, 5.41) is 16.7. The van der Waals surface area contributed by atoms with Gasteiger partial charge in [-0.05, 0) is 40.3 Å². The van der Waals surface area contributed by atoms with Crippen LogP contribution in [0.4, 0.5) is 5.82 Å². The molecule has 0 amide bonds. The van der Waals surface area contributed by atoms with Gasteiger partial charge >= 0.3 is 0 Å². The molecule has 0 aliphatic heterocycles. The van der Waals surface area contributed by atoms with Gasteiger partial charge in [0.05, 0.1) is 23.0 Å². The Morgan fingerprint density at radius 2 is 2.12 bits per heavy atom. The van der Waals surface area contributed by atoms with Crippen molar-refractivity contribution in [2.45, 2.75) is 25.2 Å². The molecule has 1 aliphatic carbocycles. The summed E-state index contributed by atoms with van der Waals surface area (Å²) in [5.74, 6) is 1.47. The first-order valence-electron chi connectivity index (χ1n) is 8.26. The monoisotopic (exact) mass is 386 g/mol. The average molecular weight is 387 g/mol. The first-order chi connectivity index (χ1) is 11.8. The van der Waals surface area contributed by atoms with Crippen molar-refractivity contribution >= 4 is 27.4 Å². The third kappa shape index (κ3) is 2.70. The lowest BCUT2D eigenvalue weighted by atomic mass is 9.78. The van der Waals surface area contributed by atoms with E-state index in [-0.39, 0.29) is 6.61 Å². The summed E-state index contributed by atoms with van der Waals surface area (Å²) < 4.78 is 2.62. The Balaban J connectivity index is 1.86. The number of aliphatic hydroxyl groups is 1. The number of nitrogens with one attached hydrogen (secondary N) is 1. The van der Waals surface area contributed by atoms with E-state index < -0.39 is 0 Å². The quantitative estimate of drug-likeness (QED) is 0.699. The number of benzene rings is 1. The number of fused-ring (bicyclic) bond motifs is 1. The molecule has 0 atom stereocenters. The van der Waals surface area contributed by atoms with Gasteiger partial charge in [-0.15, -0.1) is 0 Å². The van der Waals surface area contributed by atoms with Crippen LogP contribution in [0.1, 0.15) is 30.7 Å². The number of anilines is 1. The average Bonchev–Trinajstić information content (AvgIpc) is 2.93. The summed E-state index contributed by atoms with van der Waals surface area (Å²) in [6.07, 6.45) is 5.56. The second-order valence-electron chi connectivity index (χ2n) is 6.12. The zero-order chi connectivity index (χ0) is 16.5. The lowest BCUT2D eigenvalue weighted by Gasteiger charge is -2.28. The summed E-state index contributed by atoms with van der Waals surface area (Å²) in [7, 11) is 0. The molecule has 6 heteroatoms. The SMILES string of the molecule is OCCNc1cc(-c2ccccc2C2CCC2)nc2c(Br)cnn12. The Morgan fingerprint density at radius 3 is 2.88 bits per heavy atom. The fourth-order valence-corrected chi connectivity index (χ4v) is 3.54. The normalized spacial score (nSPS) is 14.8. The molecule has 0 saturated heterocycles. The molecular weight excluding hydrogens is 368 g/mol. The molecule has 4 rings (SSSR count). The van der Waals surface area contributed by atoms with Crippen LogP contribution in [-0.4, -0.2) is 32.9 Å². The van der Waals surface area contributed by atoms with Gasteiger partial charge in [0, 0.05) is 18.2 Å². The number of hydrogen-bond donors (Lipinski definition) is 2. The summed E-state index contributed by atoms with van der Waals surface area (Å²) >= 11 is 3.53. The number of aromatic nitrogens is 3. The van der Waals surface area contributed by atoms with Crippen LogP contribution in [0.3, 0.4) is 0 Å². The summed E-state index contributed by atoms with van der Waals surface area (Å²) in [4.78, 5) is 4.83. The summed E-state index contributed by atoms with van der Waals surface area (Å²) in [6, 6.07) is 10.6. The Kier molecular flexibility index (Phi) is 4.24. The molecule has 0 radical (unpaired) electrons. The van der Waals surface area contributed by atoms with Gasteiger partial charge in [0.25, 0.3) is 0 Å². The lowest BCUT2D eigenvalue weighted by molar-refractivity contribution is 0.311. The summed E-state index contributed by atoms with van der Waals surface area (Å²) in [6.45, 7) is 0.542. The molecule has 2 N–H and O–H groups in total. The van der Waals surface area contributed by atoms with Gasteiger partial charge in [0.1, 0.15) is 5.82 Å². The van der Waals surface area contributed by atoms with Crippen LogP contribution in [0.25, 0.3) is 16.9 Å². The minimum atomic E-state index is 0.0697. The fraction of sp³-hybridized carbons (Fsp3) is 0.333. The molecule has 2 heterocycles. The Labute approximate surface area is 148 Å². The van der Waals surface area contributed by atoms with Crippen LogP contribution in [-0.2, 0) is 0 Å². The Hall–Kier alpha value is -1.92. The van der Waals surface area contributed by atoms with Crippen molar-refractivity contribution in [1.82, 2.24) is 14.6 Å². The van der Waals surface area contributed by atoms with Gasteiger partial charge < -0.3 is 10.4 Å². The maximum absolute atomic E-state index is 9.13. The third-order valence-electron chi connectivity index (χ3n) is 4.63. The maximum Gasteiger partial charge on any atom is 0.172 e. The van der Waals surface area contributed by atoms with Crippen LogP contribution in [0.15, 0.2) is 41.0 Å². The van der Waals surface area contributed by atoms with E-state index in [0.29, 0.717) is 12.5 Å². The van der Waals surface area contributed by atoms with E-state index in [2.05, 4.69) is 50.6 Å². The number of hydrogen-bond acceptors (Lipinski definition) is 4. The van der Waals surface area contributed by atoms with Crippen LogP contribution in [0.2, 0.25) is 0 Å². The Bertz CT molecular complexity index is 873. The molecule has 0 unspecified atom stereocenters. The standard InChI is InChI=1S/C18H19BrN4O/c19-15-11-21-23-17(20-8-9-24)10-16(22-18(15)23)14-7-2-1-6-13(14)12-4-3-5-12/h1-2,6-7,10-12,20,24H,3-5,8-9H2. The second-order valence-corrected chi connectivity index (χ2v) is 6.97. The van der Waals surface area contributed by atoms with Crippen LogP contribution < -0.4 is 5.32 Å². The molecule has 124 valence electrons. The highest BCUT2D eigenvalue weighted by Crippen LogP contribution is 2.41. The summed E-state index contributed by atoms with van der Waals surface area (Å²) in [5.41, 5.74) is 4.28. The molecule has 0 spiro atoms.